The monoisotopic (exact) mass is 396 g/mol. The lowest BCUT2D eigenvalue weighted by Gasteiger charge is -2.30. The zero-order valence-electron chi connectivity index (χ0n) is 14.1. The second kappa shape index (κ2) is 10.9. The number of thiazole rings is 1. The fraction of sp³-hybridized carbons (Fsp3) is 0.667. The first-order valence-corrected chi connectivity index (χ1v) is 8.59. The molecule has 1 saturated heterocycles. The zero-order chi connectivity index (χ0) is 16.1. The van der Waals surface area contributed by atoms with E-state index in [4.69, 9.17) is 0 Å². The molecule has 1 aliphatic rings. The Balaban J connectivity index is 0.00000264. The largest absolute Gasteiger partial charge is 0.353 e. The molecule has 0 aromatic carbocycles. The molecule has 138 valence electrons. The maximum atomic E-state index is 12.1. The van der Waals surface area contributed by atoms with Crippen LogP contribution in [0.1, 0.15) is 32.9 Å². The Morgan fingerprint density at radius 1 is 1.42 bits per heavy atom. The Bertz CT molecular complexity index is 539. The molecule has 0 aliphatic carbocycles. The third-order valence-electron chi connectivity index (χ3n) is 3.78. The molecule has 2 amide bonds. The standard InChI is InChI=1S/C15H24N4O2S.2ClH/c1-9(2)14(21)19-15-17-11(8-22-15)6-13(20)18-12-4-5-16-7-10(12)3;;/h8-10,12,16H,4-7H2,1-3H3,(H,18,20)(H,17,19,21);2*1H. The molecule has 1 aromatic heterocycles. The Morgan fingerprint density at radius 2 is 2.12 bits per heavy atom. The van der Waals surface area contributed by atoms with Gasteiger partial charge in [0.2, 0.25) is 11.8 Å². The van der Waals surface area contributed by atoms with Crippen LogP contribution in [0.15, 0.2) is 5.38 Å². The van der Waals surface area contributed by atoms with Crippen molar-refractivity contribution in [3.05, 3.63) is 11.1 Å². The molecule has 1 aromatic rings. The third-order valence-corrected chi connectivity index (χ3v) is 4.59. The summed E-state index contributed by atoms with van der Waals surface area (Å²) in [6.07, 6.45) is 1.21. The highest BCUT2D eigenvalue weighted by atomic mass is 35.5. The van der Waals surface area contributed by atoms with Crippen LogP contribution < -0.4 is 16.0 Å². The molecule has 0 radical (unpaired) electrons. The second-order valence-corrected chi connectivity index (χ2v) is 6.97. The van der Waals surface area contributed by atoms with Crippen LogP contribution in [0.3, 0.4) is 0 Å². The van der Waals surface area contributed by atoms with Gasteiger partial charge in [0.25, 0.3) is 0 Å². The van der Waals surface area contributed by atoms with Gasteiger partial charge in [0.15, 0.2) is 5.13 Å². The molecule has 1 fully saturated rings. The van der Waals surface area contributed by atoms with Gasteiger partial charge >= 0.3 is 0 Å². The molecule has 0 saturated carbocycles. The summed E-state index contributed by atoms with van der Waals surface area (Å²) >= 11 is 1.35. The van der Waals surface area contributed by atoms with Gasteiger partial charge in [-0.2, -0.15) is 0 Å². The van der Waals surface area contributed by atoms with Gasteiger partial charge in [-0.3, -0.25) is 9.59 Å². The van der Waals surface area contributed by atoms with Gasteiger partial charge in [-0.25, -0.2) is 4.98 Å². The first kappa shape index (κ1) is 23.1. The fourth-order valence-electron chi connectivity index (χ4n) is 2.35. The number of hydrogen-bond acceptors (Lipinski definition) is 5. The van der Waals surface area contributed by atoms with Crippen molar-refractivity contribution in [2.75, 3.05) is 18.4 Å². The quantitative estimate of drug-likeness (QED) is 0.712. The van der Waals surface area contributed by atoms with E-state index in [0.717, 1.165) is 19.5 Å². The first-order chi connectivity index (χ1) is 10.5. The number of hydrogen-bond donors (Lipinski definition) is 3. The van der Waals surface area contributed by atoms with Crippen LogP contribution in [0.25, 0.3) is 0 Å². The molecule has 2 heterocycles. The average Bonchev–Trinajstić information content (AvgIpc) is 2.88. The summed E-state index contributed by atoms with van der Waals surface area (Å²) in [6.45, 7) is 7.68. The number of carbonyl (C=O) groups is 2. The molecule has 2 unspecified atom stereocenters. The molecular weight excluding hydrogens is 371 g/mol. The number of anilines is 1. The van der Waals surface area contributed by atoms with Crippen LogP contribution in [-0.4, -0.2) is 35.9 Å². The molecule has 2 rings (SSSR count). The van der Waals surface area contributed by atoms with Gasteiger partial charge in [-0.15, -0.1) is 36.2 Å². The van der Waals surface area contributed by atoms with Crippen molar-refractivity contribution < 1.29 is 9.59 Å². The van der Waals surface area contributed by atoms with Gasteiger partial charge in [0, 0.05) is 17.3 Å². The minimum atomic E-state index is -0.0861. The minimum absolute atomic E-state index is 0. The summed E-state index contributed by atoms with van der Waals surface area (Å²) in [5.74, 6) is 0.283. The highest BCUT2D eigenvalue weighted by Crippen LogP contribution is 2.17. The molecule has 3 N–H and O–H groups in total. The normalized spacial score (nSPS) is 19.8. The Labute approximate surface area is 159 Å². The van der Waals surface area contributed by atoms with Gasteiger partial charge < -0.3 is 16.0 Å². The van der Waals surface area contributed by atoms with E-state index in [1.807, 2.05) is 19.2 Å². The first-order valence-electron chi connectivity index (χ1n) is 7.71. The molecule has 1 aliphatic heterocycles. The topological polar surface area (TPSA) is 83.1 Å². The number of halogens is 2. The van der Waals surface area contributed by atoms with Gasteiger partial charge in [-0.05, 0) is 25.4 Å². The summed E-state index contributed by atoms with van der Waals surface area (Å²) in [4.78, 5) is 28.0. The lowest BCUT2D eigenvalue weighted by molar-refractivity contribution is -0.121. The van der Waals surface area contributed by atoms with Crippen molar-refractivity contribution in [3.63, 3.8) is 0 Å². The maximum Gasteiger partial charge on any atom is 0.228 e. The van der Waals surface area contributed by atoms with E-state index in [2.05, 4.69) is 27.9 Å². The Kier molecular flexibility index (Phi) is 10.5. The van der Waals surface area contributed by atoms with Crippen LogP contribution in [0.4, 0.5) is 5.13 Å². The summed E-state index contributed by atoms with van der Waals surface area (Å²) in [6, 6.07) is 0.229. The predicted molar refractivity (Wildman–Crippen MR) is 102 cm³/mol. The maximum absolute atomic E-state index is 12.1. The second-order valence-electron chi connectivity index (χ2n) is 6.11. The molecule has 9 heteroatoms. The number of nitrogens with one attached hydrogen (secondary N) is 3. The number of rotatable bonds is 5. The van der Waals surface area contributed by atoms with Gasteiger partial charge in [-0.1, -0.05) is 20.8 Å². The highest BCUT2D eigenvalue weighted by molar-refractivity contribution is 7.13. The van der Waals surface area contributed by atoms with Gasteiger partial charge in [0.05, 0.1) is 12.1 Å². The van der Waals surface area contributed by atoms with Crippen molar-refractivity contribution in [3.8, 4) is 0 Å². The van der Waals surface area contributed by atoms with Crippen molar-refractivity contribution in [2.24, 2.45) is 11.8 Å². The minimum Gasteiger partial charge on any atom is -0.353 e. The molecule has 6 nitrogen and oxygen atoms in total. The smallest absolute Gasteiger partial charge is 0.228 e. The van der Waals surface area contributed by atoms with Crippen molar-refractivity contribution in [2.45, 2.75) is 39.7 Å². The molecular formula is C15H26Cl2N4O2S. The molecule has 0 bridgehead atoms. The average molecular weight is 397 g/mol. The number of piperidine rings is 1. The predicted octanol–water partition coefficient (Wildman–Crippen LogP) is 2.24. The van der Waals surface area contributed by atoms with E-state index in [0.29, 0.717) is 16.7 Å². The summed E-state index contributed by atoms with van der Waals surface area (Å²) in [5, 5.41) is 11.5. The number of aromatic nitrogens is 1. The van der Waals surface area contributed by atoms with Crippen LogP contribution >= 0.6 is 36.2 Å². The Morgan fingerprint density at radius 3 is 2.75 bits per heavy atom. The van der Waals surface area contributed by atoms with Crippen molar-refractivity contribution in [1.29, 1.82) is 0 Å². The summed E-state index contributed by atoms with van der Waals surface area (Å²) in [5.41, 5.74) is 0.697. The van der Waals surface area contributed by atoms with E-state index in [1.165, 1.54) is 11.3 Å². The number of carbonyl (C=O) groups excluding carboxylic acids is 2. The fourth-order valence-corrected chi connectivity index (χ4v) is 3.06. The Hall–Kier alpha value is -0.890. The van der Waals surface area contributed by atoms with E-state index in [1.54, 1.807) is 0 Å². The molecule has 24 heavy (non-hydrogen) atoms. The number of nitrogens with zero attached hydrogens (tertiary/aromatic N) is 1. The molecule has 0 spiro atoms. The van der Waals surface area contributed by atoms with Crippen molar-refractivity contribution in [1.82, 2.24) is 15.6 Å². The summed E-state index contributed by atoms with van der Waals surface area (Å²) < 4.78 is 0. The third kappa shape index (κ3) is 6.93. The lowest BCUT2D eigenvalue weighted by atomic mass is 9.95. The molecule has 2 atom stereocenters. The van der Waals surface area contributed by atoms with Crippen molar-refractivity contribution >= 4 is 53.1 Å². The van der Waals surface area contributed by atoms with Crippen LogP contribution in [-0.2, 0) is 16.0 Å². The number of amides is 2. The zero-order valence-corrected chi connectivity index (χ0v) is 16.6. The van der Waals surface area contributed by atoms with Crippen LogP contribution in [0, 0.1) is 11.8 Å². The van der Waals surface area contributed by atoms with Crippen LogP contribution in [0.5, 0.6) is 0 Å². The SMILES string of the molecule is CC(C)C(=O)Nc1nc(CC(=O)NC2CCNCC2C)cs1.Cl.Cl. The highest BCUT2D eigenvalue weighted by Gasteiger charge is 2.22. The lowest BCUT2D eigenvalue weighted by Crippen LogP contribution is -2.48. The van der Waals surface area contributed by atoms with Crippen LogP contribution in [0.2, 0.25) is 0 Å². The summed E-state index contributed by atoms with van der Waals surface area (Å²) in [7, 11) is 0. The van der Waals surface area contributed by atoms with E-state index < -0.39 is 0 Å². The van der Waals surface area contributed by atoms with Gasteiger partial charge in [0.1, 0.15) is 0 Å². The van der Waals surface area contributed by atoms with E-state index >= 15 is 0 Å². The van der Waals surface area contributed by atoms with E-state index in [-0.39, 0.29) is 55.0 Å². The van der Waals surface area contributed by atoms with E-state index in [9.17, 15) is 9.59 Å².